The maximum Gasteiger partial charge on any atom is 0.341 e. The van der Waals surface area contributed by atoms with Gasteiger partial charge in [0.2, 0.25) is 9.84 Å². The maximum atomic E-state index is 12.4. The van der Waals surface area contributed by atoms with Crippen LogP contribution in [0.5, 0.6) is 0 Å². The van der Waals surface area contributed by atoms with Crippen LogP contribution in [-0.4, -0.2) is 14.2 Å². The first-order chi connectivity index (χ1) is 9.89. The molecule has 0 atom stereocenters. The van der Waals surface area contributed by atoms with Gasteiger partial charge in [-0.3, -0.25) is 0 Å². The zero-order chi connectivity index (χ0) is 15.5. The van der Waals surface area contributed by atoms with Crippen molar-refractivity contribution in [3.8, 4) is 0 Å². The van der Waals surface area contributed by atoms with E-state index >= 15 is 0 Å². The molecule has 0 radical (unpaired) electrons. The molecular formula is C15H15F2NO2S. The number of aryl methyl sites for hydroxylation is 1. The number of benzene rings is 2. The summed E-state index contributed by atoms with van der Waals surface area (Å²) in [6.45, 7) is 2.57. The third-order valence-corrected chi connectivity index (χ3v) is 4.39. The number of sulfone groups is 1. The summed E-state index contributed by atoms with van der Waals surface area (Å²) in [7, 11) is -4.53. The molecular weight excluding hydrogens is 296 g/mol. The second kappa shape index (κ2) is 6.22. The molecule has 0 amide bonds. The SMILES string of the molecule is Cc1cccc(CNc2ccc(S(=O)(=O)C(F)F)cc2)c1. The van der Waals surface area contributed by atoms with E-state index in [9.17, 15) is 17.2 Å². The van der Waals surface area contributed by atoms with Crippen LogP contribution < -0.4 is 5.32 Å². The molecule has 2 aromatic rings. The van der Waals surface area contributed by atoms with Crippen LogP contribution in [0, 0.1) is 6.92 Å². The zero-order valence-electron chi connectivity index (χ0n) is 11.4. The molecule has 0 aromatic heterocycles. The minimum atomic E-state index is -4.53. The average molecular weight is 311 g/mol. The quantitative estimate of drug-likeness (QED) is 0.917. The Morgan fingerprint density at radius 2 is 1.76 bits per heavy atom. The van der Waals surface area contributed by atoms with Crippen molar-refractivity contribution in [3.05, 3.63) is 59.7 Å². The van der Waals surface area contributed by atoms with Crippen LogP contribution in [-0.2, 0) is 16.4 Å². The smallest absolute Gasteiger partial charge is 0.341 e. The van der Waals surface area contributed by atoms with Gasteiger partial charge in [0.25, 0.3) is 0 Å². The molecule has 0 unspecified atom stereocenters. The lowest BCUT2D eigenvalue weighted by Gasteiger charge is -2.08. The van der Waals surface area contributed by atoms with E-state index in [1.165, 1.54) is 24.3 Å². The predicted molar refractivity (Wildman–Crippen MR) is 78.1 cm³/mol. The van der Waals surface area contributed by atoms with E-state index in [0.29, 0.717) is 12.2 Å². The van der Waals surface area contributed by atoms with Gasteiger partial charge in [-0.05, 0) is 36.8 Å². The van der Waals surface area contributed by atoms with Gasteiger partial charge in [0.05, 0.1) is 4.90 Å². The number of nitrogens with one attached hydrogen (secondary N) is 1. The van der Waals surface area contributed by atoms with E-state index in [0.717, 1.165) is 11.1 Å². The summed E-state index contributed by atoms with van der Waals surface area (Å²) < 4.78 is 47.4. The van der Waals surface area contributed by atoms with Crippen LogP contribution in [0.2, 0.25) is 0 Å². The maximum absolute atomic E-state index is 12.4. The van der Waals surface area contributed by atoms with Crippen molar-refractivity contribution in [1.29, 1.82) is 0 Å². The van der Waals surface area contributed by atoms with Crippen molar-refractivity contribution in [1.82, 2.24) is 0 Å². The van der Waals surface area contributed by atoms with Gasteiger partial charge in [-0.1, -0.05) is 29.8 Å². The molecule has 21 heavy (non-hydrogen) atoms. The van der Waals surface area contributed by atoms with Crippen molar-refractivity contribution in [2.24, 2.45) is 0 Å². The van der Waals surface area contributed by atoms with Gasteiger partial charge in [-0.2, -0.15) is 8.78 Å². The number of hydrogen-bond donors (Lipinski definition) is 1. The van der Waals surface area contributed by atoms with Crippen LogP contribution in [0.15, 0.2) is 53.4 Å². The van der Waals surface area contributed by atoms with Crippen molar-refractivity contribution in [2.45, 2.75) is 24.1 Å². The highest BCUT2D eigenvalue weighted by Crippen LogP contribution is 2.20. The Balaban J connectivity index is 2.07. The van der Waals surface area contributed by atoms with Gasteiger partial charge in [0.15, 0.2) is 0 Å². The Morgan fingerprint density at radius 3 is 2.33 bits per heavy atom. The van der Waals surface area contributed by atoms with Crippen molar-refractivity contribution < 1.29 is 17.2 Å². The third kappa shape index (κ3) is 3.78. The molecule has 0 fully saturated rings. The van der Waals surface area contributed by atoms with Crippen molar-refractivity contribution in [3.63, 3.8) is 0 Å². The first-order valence-electron chi connectivity index (χ1n) is 6.31. The summed E-state index contributed by atoms with van der Waals surface area (Å²) in [5.41, 5.74) is 2.90. The Bertz CT molecular complexity index is 713. The molecule has 0 bridgehead atoms. The number of alkyl halides is 2. The fraction of sp³-hybridized carbons (Fsp3) is 0.200. The molecule has 0 saturated heterocycles. The highest BCUT2D eigenvalue weighted by atomic mass is 32.2. The van der Waals surface area contributed by atoms with E-state index < -0.39 is 15.6 Å². The molecule has 2 rings (SSSR count). The number of halogens is 2. The average Bonchev–Trinajstić information content (AvgIpc) is 2.45. The third-order valence-electron chi connectivity index (χ3n) is 3.00. The molecule has 0 aliphatic carbocycles. The Morgan fingerprint density at radius 1 is 1.10 bits per heavy atom. The van der Waals surface area contributed by atoms with Crippen LogP contribution in [0.3, 0.4) is 0 Å². The van der Waals surface area contributed by atoms with Crippen LogP contribution in [0.25, 0.3) is 0 Å². The Hall–Kier alpha value is -1.95. The fourth-order valence-corrected chi connectivity index (χ4v) is 2.61. The molecule has 3 nitrogen and oxygen atoms in total. The monoisotopic (exact) mass is 311 g/mol. The van der Waals surface area contributed by atoms with Crippen molar-refractivity contribution in [2.75, 3.05) is 5.32 Å². The molecule has 0 heterocycles. The normalized spacial score (nSPS) is 11.6. The molecule has 0 aliphatic rings. The number of hydrogen-bond acceptors (Lipinski definition) is 3. The van der Waals surface area contributed by atoms with E-state index in [-0.39, 0.29) is 4.90 Å². The lowest BCUT2D eigenvalue weighted by atomic mass is 10.1. The summed E-state index contributed by atoms with van der Waals surface area (Å²) in [4.78, 5) is -0.376. The lowest BCUT2D eigenvalue weighted by Crippen LogP contribution is -2.11. The highest BCUT2D eigenvalue weighted by Gasteiger charge is 2.26. The largest absolute Gasteiger partial charge is 0.381 e. The molecule has 1 N–H and O–H groups in total. The predicted octanol–water partition coefficient (Wildman–Crippen LogP) is 3.60. The van der Waals surface area contributed by atoms with E-state index in [4.69, 9.17) is 0 Å². The number of rotatable bonds is 5. The highest BCUT2D eigenvalue weighted by molar-refractivity contribution is 7.91. The summed E-state index contributed by atoms with van der Waals surface area (Å²) in [5, 5.41) is 3.11. The van der Waals surface area contributed by atoms with E-state index in [1.807, 2.05) is 31.2 Å². The van der Waals surface area contributed by atoms with Gasteiger partial charge in [-0.15, -0.1) is 0 Å². The van der Waals surface area contributed by atoms with Crippen LogP contribution in [0.1, 0.15) is 11.1 Å². The summed E-state index contributed by atoms with van der Waals surface area (Å²) in [6, 6.07) is 13.3. The Kier molecular flexibility index (Phi) is 4.57. The van der Waals surface area contributed by atoms with Gasteiger partial charge >= 0.3 is 5.76 Å². The minimum absolute atomic E-state index is 0.376. The minimum Gasteiger partial charge on any atom is -0.381 e. The number of anilines is 1. The standard InChI is InChI=1S/C15H15F2NO2S/c1-11-3-2-4-12(9-11)10-18-13-5-7-14(8-6-13)21(19,20)15(16)17/h2-9,15,18H,10H2,1H3. The van der Waals surface area contributed by atoms with Crippen LogP contribution >= 0.6 is 0 Å². The van der Waals surface area contributed by atoms with E-state index in [2.05, 4.69) is 5.32 Å². The second-order valence-electron chi connectivity index (χ2n) is 4.67. The Labute approximate surface area is 122 Å². The molecule has 112 valence electrons. The summed E-state index contributed by atoms with van der Waals surface area (Å²) in [6.07, 6.45) is 0. The first kappa shape index (κ1) is 15.4. The van der Waals surface area contributed by atoms with Gasteiger partial charge < -0.3 is 5.32 Å². The lowest BCUT2D eigenvalue weighted by molar-refractivity contribution is 0.234. The molecule has 2 aromatic carbocycles. The second-order valence-corrected chi connectivity index (χ2v) is 6.59. The molecule has 6 heteroatoms. The van der Waals surface area contributed by atoms with Crippen molar-refractivity contribution >= 4 is 15.5 Å². The van der Waals surface area contributed by atoms with Crippen LogP contribution in [0.4, 0.5) is 14.5 Å². The summed E-state index contributed by atoms with van der Waals surface area (Å²) in [5.74, 6) is -3.40. The van der Waals surface area contributed by atoms with E-state index in [1.54, 1.807) is 0 Å². The topological polar surface area (TPSA) is 46.2 Å². The molecule has 0 saturated carbocycles. The fourth-order valence-electron chi connectivity index (χ4n) is 1.89. The zero-order valence-corrected chi connectivity index (χ0v) is 12.2. The molecule has 0 spiro atoms. The first-order valence-corrected chi connectivity index (χ1v) is 7.86. The molecule has 0 aliphatic heterocycles. The summed E-state index contributed by atoms with van der Waals surface area (Å²) >= 11 is 0. The van der Waals surface area contributed by atoms with Gasteiger partial charge in [0.1, 0.15) is 0 Å². The van der Waals surface area contributed by atoms with Gasteiger partial charge in [-0.25, -0.2) is 8.42 Å². The van der Waals surface area contributed by atoms with Gasteiger partial charge in [0, 0.05) is 12.2 Å².